The number of hydrogen-bond acceptors (Lipinski definition) is 3. The lowest BCUT2D eigenvalue weighted by atomic mass is 9.86. The number of carbonyl (C=O) groups is 1. The molecule has 0 aromatic carbocycles. The fraction of sp³-hybridized carbons (Fsp3) is 0.700. The third-order valence-electron chi connectivity index (χ3n) is 3.03. The van der Waals surface area contributed by atoms with Crippen molar-refractivity contribution in [3.05, 3.63) is 12.7 Å². The van der Waals surface area contributed by atoms with Gasteiger partial charge in [0, 0.05) is 12.6 Å². The maximum atomic E-state index is 11.0. The molecule has 3 saturated heterocycles. The summed E-state index contributed by atoms with van der Waals surface area (Å²) in [6.07, 6.45) is 3.72. The molecule has 0 saturated carbocycles. The molecule has 0 aromatic rings. The fourth-order valence-corrected chi connectivity index (χ4v) is 2.24. The summed E-state index contributed by atoms with van der Waals surface area (Å²) in [6, 6.07) is 0. The first-order chi connectivity index (χ1) is 6.29. The van der Waals surface area contributed by atoms with Gasteiger partial charge in [0.15, 0.2) is 0 Å². The van der Waals surface area contributed by atoms with Crippen molar-refractivity contribution in [3.8, 4) is 0 Å². The number of ether oxygens (including phenoxy) is 1. The fourth-order valence-electron chi connectivity index (χ4n) is 2.24. The van der Waals surface area contributed by atoms with Crippen molar-refractivity contribution in [2.45, 2.75) is 18.9 Å². The van der Waals surface area contributed by atoms with Crippen LogP contribution in [-0.4, -0.2) is 36.6 Å². The van der Waals surface area contributed by atoms with Crippen molar-refractivity contribution >= 4 is 5.97 Å². The van der Waals surface area contributed by atoms with Gasteiger partial charge in [-0.25, -0.2) is 4.79 Å². The minimum atomic E-state index is -0.279. The first kappa shape index (κ1) is 8.75. The lowest BCUT2D eigenvalue weighted by Gasteiger charge is -2.43. The Labute approximate surface area is 78.4 Å². The van der Waals surface area contributed by atoms with Crippen LogP contribution in [0.3, 0.4) is 0 Å². The van der Waals surface area contributed by atoms with E-state index in [0.717, 1.165) is 6.54 Å². The lowest BCUT2D eigenvalue weighted by Crippen LogP contribution is -2.51. The summed E-state index contributed by atoms with van der Waals surface area (Å²) in [4.78, 5) is 13.4. The van der Waals surface area contributed by atoms with Crippen LogP contribution in [0, 0.1) is 5.92 Å². The van der Waals surface area contributed by atoms with Crippen molar-refractivity contribution in [1.29, 1.82) is 0 Å². The third-order valence-corrected chi connectivity index (χ3v) is 3.03. The molecule has 3 nitrogen and oxygen atoms in total. The van der Waals surface area contributed by atoms with Gasteiger partial charge in [-0.1, -0.05) is 6.58 Å². The minimum absolute atomic E-state index is 0.119. The second-order valence-electron chi connectivity index (χ2n) is 3.82. The van der Waals surface area contributed by atoms with Gasteiger partial charge in [-0.3, -0.25) is 4.90 Å². The van der Waals surface area contributed by atoms with Crippen LogP contribution in [0.15, 0.2) is 12.7 Å². The predicted octanol–water partition coefficient (Wildman–Crippen LogP) is 0.810. The summed E-state index contributed by atoms with van der Waals surface area (Å²) in [7, 11) is 0. The summed E-state index contributed by atoms with van der Waals surface area (Å²) in [5, 5.41) is 0. The molecule has 3 aliphatic rings. The van der Waals surface area contributed by atoms with Crippen LogP contribution in [0.25, 0.3) is 0 Å². The zero-order valence-electron chi connectivity index (χ0n) is 7.74. The van der Waals surface area contributed by atoms with E-state index < -0.39 is 0 Å². The van der Waals surface area contributed by atoms with Gasteiger partial charge in [0.2, 0.25) is 0 Å². The number of piperidine rings is 3. The second kappa shape index (κ2) is 3.50. The Morgan fingerprint density at radius 2 is 2.15 bits per heavy atom. The zero-order chi connectivity index (χ0) is 9.26. The highest BCUT2D eigenvalue weighted by Gasteiger charge is 2.35. The van der Waals surface area contributed by atoms with Crippen molar-refractivity contribution in [2.24, 2.45) is 5.92 Å². The maximum absolute atomic E-state index is 11.0. The van der Waals surface area contributed by atoms with Gasteiger partial charge in [0.1, 0.15) is 6.10 Å². The Balaban J connectivity index is 1.93. The van der Waals surface area contributed by atoms with Crippen LogP contribution in [0.5, 0.6) is 0 Å². The molecule has 0 aliphatic carbocycles. The molecule has 0 amide bonds. The van der Waals surface area contributed by atoms with Gasteiger partial charge in [0.25, 0.3) is 0 Å². The summed E-state index contributed by atoms with van der Waals surface area (Å²) >= 11 is 0. The monoisotopic (exact) mass is 181 g/mol. The Bertz CT molecular complexity index is 219. The van der Waals surface area contributed by atoms with E-state index in [2.05, 4.69) is 11.5 Å². The minimum Gasteiger partial charge on any atom is -0.458 e. The number of nitrogens with zero attached hydrogens (tertiary/aromatic N) is 1. The topological polar surface area (TPSA) is 29.5 Å². The smallest absolute Gasteiger partial charge is 0.330 e. The van der Waals surface area contributed by atoms with Crippen LogP contribution in [0.2, 0.25) is 0 Å². The standard InChI is InChI=1S/C10H15NO2/c1-2-10(12)13-9-7-11-5-3-8(9)4-6-11/h2,8-9H,1,3-7H2. The van der Waals surface area contributed by atoms with Crippen LogP contribution >= 0.6 is 0 Å². The first-order valence-corrected chi connectivity index (χ1v) is 4.85. The summed E-state index contributed by atoms with van der Waals surface area (Å²) in [5.74, 6) is 0.313. The van der Waals surface area contributed by atoms with Gasteiger partial charge >= 0.3 is 5.97 Å². The predicted molar refractivity (Wildman–Crippen MR) is 49.2 cm³/mol. The summed E-state index contributed by atoms with van der Waals surface area (Å²) in [5.41, 5.74) is 0. The normalized spacial score (nSPS) is 37.1. The molecule has 72 valence electrons. The largest absolute Gasteiger partial charge is 0.458 e. The average molecular weight is 181 g/mol. The van der Waals surface area contributed by atoms with Crippen molar-refractivity contribution in [3.63, 3.8) is 0 Å². The van der Waals surface area contributed by atoms with Crippen LogP contribution in [0.4, 0.5) is 0 Å². The zero-order valence-corrected chi connectivity index (χ0v) is 7.74. The average Bonchev–Trinajstić information content (AvgIpc) is 2.19. The number of fused-ring (bicyclic) bond motifs is 3. The highest BCUT2D eigenvalue weighted by Crippen LogP contribution is 2.29. The maximum Gasteiger partial charge on any atom is 0.330 e. The van der Waals surface area contributed by atoms with E-state index in [1.165, 1.54) is 32.0 Å². The van der Waals surface area contributed by atoms with Gasteiger partial charge in [-0.05, 0) is 31.8 Å². The van der Waals surface area contributed by atoms with Crippen LogP contribution < -0.4 is 0 Å². The van der Waals surface area contributed by atoms with Crippen LogP contribution in [0.1, 0.15) is 12.8 Å². The Morgan fingerprint density at radius 1 is 1.46 bits per heavy atom. The highest BCUT2D eigenvalue weighted by molar-refractivity contribution is 5.81. The van der Waals surface area contributed by atoms with E-state index in [-0.39, 0.29) is 12.1 Å². The molecule has 2 bridgehead atoms. The molecule has 3 fully saturated rings. The molecule has 0 aromatic heterocycles. The van der Waals surface area contributed by atoms with Gasteiger partial charge in [-0.15, -0.1) is 0 Å². The van der Waals surface area contributed by atoms with Gasteiger partial charge in [0.05, 0.1) is 0 Å². The molecule has 1 unspecified atom stereocenters. The molecule has 1 atom stereocenters. The van der Waals surface area contributed by atoms with Crippen molar-refractivity contribution < 1.29 is 9.53 Å². The number of esters is 1. The molecule has 3 rings (SSSR count). The van der Waals surface area contributed by atoms with E-state index in [4.69, 9.17) is 4.74 Å². The molecule has 0 N–H and O–H groups in total. The molecular weight excluding hydrogens is 166 g/mol. The highest BCUT2D eigenvalue weighted by atomic mass is 16.5. The van der Waals surface area contributed by atoms with Gasteiger partial charge < -0.3 is 4.74 Å². The molecule has 13 heavy (non-hydrogen) atoms. The van der Waals surface area contributed by atoms with Gasteiger partial charge in [-0.2, -0.15) is 0 Å². The van der Waals surface area contributed by atoms with E-state index in [1.807, 2.05) is 0 Å². The van der Waals surface area contributed by atoms with Crippen molar-refractivity contribution in [2.75, 3.05) is 19.6 Å². The molecule has 0 radical (unpaired) electrons. The second-order valence-corrected chi connectivity index (χ2v) is 3.82. The van der Waals surface area contributed by atoms with Crippen molar-refractivity contribution in [1.82, 2.24) is 4.90 Å². The third kappa shape index (κ3) is 1.75. The Kier molecular flexibility index (Phi) is 2.36. The molecule has 3 aliphatic heterocycles. The summed E-state index contributed by atoms with van der Waals surface area (Å²) in [6.45, 7) is 6.67. The van der Waals surface area contributed by atoms with E-state index in [0.29, 0.717) is 5.92 Å². The quantitative estimate of drug-likeness (QED) is 0.466. The number of rotatable bonds is 2. The Morgan fingerprint density at radius 3 is 2.62 bits per heavy atom. The first-order valence-electron chi connectivity index (χ1n) is 4.85. The Hall–Kier alpha value is -0.830. The molecule has 0 spiro atoms. The number of hydrogen-bond donors (Lipinski definition) is 0. The SMILES string of the molecule is C=CC(=O)OC1CN2CCC1CC2. The summed E-state index contributed by atoms with van der Waals surface area (Å²) < 4.78 is 5.28. The molecule has 3 heteroatoms. The molecule has 3 heterocycles. The van der Waals surface area contributed by atoms with Crippen LogP contribution in [-0.2, 0) is 9.53 Å². The van der Waals surface area contributed by atoms with E-state index >= 15 is 0 Å². The lowest BCUT2D eigenvalue weighted by molar-refractivity contribution is -0.152. The molecular formula is C10H15NO2. The van der Waals surface area contributed by atoms with E-state index in [9.17, 15) is 4.79 Å². The number of carbonyl (C=O) groups excluding carboxylic acids is 1. The van der Waals surface area contributed by atoms with E-state index in [1.54, 1.807) is 0 Å².